The van der Waals surface area contributed by atoms with Gasteiger partial charge in [-0.2, -0.15) is 0 Å². The van der Waals surface area contributed by atoms with Crippen LogP contribution in [0.15, 0.2) is 18.2 Å². The van der Waals surface area contributed by atoms with Crippen LogP contribution < -0.4 is 0 Å². The normalized spacial score (nSPS) is 11.8. The van der Waals surface area contributed by atoms with E-state index in [1.165, 1.54) is 25.1 Å². The number of benzene rings is 1. The Balaban J connectivity index is 3.10. The molecule has 0 aliphatic rings. The third-order valence-corrected chi connectivity index (χ3v) is 2.45. The first kappa shape index (κ1) is 10.5. The van der Waals surface area contributed by atoms with E-state index in [1.54, 1.807) is 6.92 Å². The standard InChI is InChI=1S/C10H11ClF2/c1-3-10(12,13)8-4-5-9(11)7(2)6-8/h4-6H,3H2,1-2H3. The molecule has 1 aromatic carbocycles. The van der Waals surface area contributed by atoms with Crippen molar-refractivity contribution in [1.82, 2.24) is 0 Å². The molecule has 13 heavy (non-hydrogen) atoms. The van der Waals surface area contributed by atoms with Crippen molar-refractivity contribution in [3.63, 3.8) is 0 Å². The topological polar surface area (TPSA) is 0 Å². The second-order valence-electron chi connectivity index (χ2n) is 3.02. The lowest BCUT2D eigenvalue weighted by Gasteiger charge is -2.14. The fraction of sp³-hybridized carbons (Fsp3) is 0.400. The molecule has 0 aromatic heterocycles. The molecule has 1 rings (SSSR count). The Kier molecular flexibility index (Phi) is 2.91. The van der Waals surface area contributed by atoms with Crippen molar-refractivity contribution in [3.8, 4) is 0 Å². The summed E-state index contributed by atoms with van der Waals surface area (Å²) in [6.07, 6.45) is -0.186. The molecule has 0 N–H and O–H groups in total. The van der Waals surface area contributed by atoms with E-state index in [0.29, 0.717) is 10.6 Å². The second kappa shape index (κ2) is 3.62. The zero-order valence-corrected chi connectivity index (χ0v) is 8.33. The second-order valence-corrected chi connectivity index (χ2v) is 3.43. The van der Waals surface area contributed by atoms with Gasteiger partial charge in [-0.1, -0.05) is 24.6 Å². The van der Waals surface area contributed by atoms with Crippen molar-refractivity contribution in [2.24, 2.45) is 0 Å². The van der Waals surface area contributed by atoms with Crippen LogP contribution in [0.1, 0.15) is 24.5 Å². The quantitative estimate of drug-likeness (QED) is 0.679. The first-order valence-electron chi connectivity index (χ1n) is 4.12. The van der Waals surface area contributed by atoms with E-state index in [1.807, 2.05) is 0 Å². The Morgan fingerprint density at radius 3 is 2.46 bits per heavy atom. The zero-order chi connectivity index (χ0) is 10.1. The van der Waals surface area contributed by atoms with E-state index < -0.39 is 5.92 Å². The van der Waals surface area contributed by atoms with E-state index in [2.05, 4.69) is 0 Å². The van der Waals surface area contributed by atoms with Gasteiger partial charge in [0.2, 0.25) is 0 Å². The monoisotopic (exact) mass is 204 g/mol. The van der Waals surface area contributed by atoms with E-state index in [9.17, 15) is 8.78 Å². The molecule has 0 spiro atoms. The SMILES string of the molecule is CCC(F)(F)c1ccc(Cl)c(C)c1. The molecular formula is C10H11ClF2. The molecule has 0 unspecified atom stereocenters. The van der Waals surface area contributed by atoms with Crippen LogP contribution in [0.3, 0.4) is 0 Å². The zero-order valence-electron chi connectivity index (χ0n) is 7.57. The highest BCUT2D eigenvalue weighted by molar-refractivity contribution is 6.31. The highest BCUT2D eigenvalue weighted by Gasteiger charge is 2.28. The maximum atomic E-state index is 13.2. The van der Waals surface area contributed by atoms with Crippen molar-refractivity contribution in [2.75, 3.05) is 0 Å². The molecule has 0 saturated carbocycles. The summed E-state index contributed by atoms with van der Waals surface area (Å²) < 4.78 is 26.3. The first-order valence-corrected chi connectivity index (χ1v) is 4.49. The molecule has 0 nitrogen and oxygen atoms in total. The van der Waals surface area contributed by atoms with Crippen LogP contribution in [0, 0.1) is 6.92 Å². The Labute approximate surface area is 81.5 Å². The summed E-state index contributed by atoms with van der Waals surface area (Å²) in [5.41, 5.74) is 0.726. The predicted octanol–water partition coefficient (Wildman–Crippen LogP) is 4.15. The Bertz CT molecular complexity index is 308. The smallest absolute Gasteiger partial charge is 0.201 e. The molecule has 0 aliphatic carbocycles. The van der Waals surface area contributed by atoms with Gasteiger partial charge in [0.25, 0.3) is 5.92 Å². The number of rotatable bonds is 2. The fourth-order valence-corrected chi connectivity index (χ4v) is 1.19. The number of hydrogen-bond donors (Lipinski definition) is 0. The van der Waals surface area contributed by atoms with Gasteiger partial charge in [-0.3, -0.25) is 0 Å². The van der Waals surface area contributed by atoms with Crippen LogP contribution in [-0.2, 0) is 5.92 Å². The number of halogens is 3. The molecule has 0 saturated heterocycles. The third kappa shape index (κ3) is 2.19. The molecule has 0 fully saturated rings. The summed E-state index contributed by atoms with van der Waals surface area (Å²) in [4.78, 5) is 0. The average molecular weight is 205 g/mol. The van der Waals surface area contributed by atoms with Gasteiger partial charge in [0.05, 0.1) is 0 Å². The maximum absolute atomic E-state index is 13.2. The molecule has 3 heteroatoms. The molecule has 0 aliphatic heterocycles. The van der Waals surface area contributed by atoms with Crippen molar-refractivity contribution < 1.29 is 8.78 Å². The van der Waals surface area contributed by atoms with Crippen LogP contribution in [0.25, 0.3) is 0 Å². The highest BCUT2D eigenvalue weighted by atomic mass is 35.5. The summed E-state index contributed by atoms with van der Waals surface area (Å²) in [6, 6.07) is 4.32. The van der Waals surface area contributed by atoms with Gasteiger partial charge in [0.15, 0.2) is 0 Å². The lowest BCUT2D eigenvalue weighted by Crippen LogP contribution is -2.11. The van der Waals surface area contributed by atoms with Crippen LogP contribution in [0.2, 0.25) is 5.02 Å². The van der Waals surface area contributed by atoms with Gasteiger partial charge < -0.3 is 0 Å². The highest BCUT2D eigenvalue weighted by Crippen LogP contribution is 2.32. The van der Waals surface area contributed by atoms with E-state index >= 15 is 0 Å². The van der Waals surface area contributed by atoms with E-state index in [-0.39, 0.29) is 12.0 Å². The molecule has 0 radical (unpaired) electrons. The Hall–Kier alpha value is -0.630. The van der Waals surface area contributed by atoms with Crippen molar-refractivity contribution in [2.45, 2.75) is 26.2 Å². The molecule has 72 valence electrons. The lowest BCUT2D eigenvalue weighted by atomic mass is 10.0. The third-order valence-electron chi connectivity index (χ3n) is 2.02. The molecule has 0 heterocycles. The van der Waals surface area contributed by atoms with Crippen LogP contribution >= 0.6 is 11.6 Å². The van der Waals surface area contributed by atoms with E-state index in [0.717, 1.165) is 0 Å². The molecular weight excluding hydrogens is 194 g/mol. The van der Waals surface area contributed by atoms with Crippen LogP contribution in [-0.4, -0.2) is 0 Å². The van der Waals surface area contributed by atoms with E-state index in [4.69, 9.17) is 11.6 Å². The minimum absolute atomic E-state index is 0.0388. The average Bonchev–Trinajstić information content (AvgIpc) is 2.09. The molecule has 0 atom stereocenters. The maximum Gasteiger partial charge on any atom is 0.273 e. The molecule has 0 amide bonds. The largest absolute Gasteiger partial charge is 0.273 e. The van der Waals surface area contributed by atoms with Gasteiger partial charge >= 0.3 is 0 Å². The summed E-state index contributed by atoms with van der Waals surface area (Å²) in [6.45, 7) is 3.18. The number of aryl methyl sites for hydroxylation is 1. The van der Waals surface area contributed by atoms with Gasteiger partial charge in [-0.15, -0.1) is 0 Å². The summed E-state index contributed by atoms with van der Waals surface area (Å²) in [5, 5.41) is 0.524. The first-order chi connectivity index (χ1) is 5.97. The summed E-state index contributed by atoms with van der Waals surface area (Å²) in [7, 11) is 0. The summed E-state index contributed by atoms with van der Waals surface area (Å²) >= 11 is 5.73. The van der Waals surface area contributed by atoms with Crippen molar-refractivity contribution >= 4 is 11.6 Å². The van der Waals surface area contributed by atoms with Gasteiger partial charge in [0.1, 0.15) is 0 Å². The lowest BCUT2D eigenvalue weighted by molar-refractivity contribution is -0.00833. The predicted molar refractivity (Wildman–Crippen MR) is 50.4 cm³/mol. The van der Waals surface area contributed by atoms with Gasteiger partial charge in [0, 0.05) is 17.0 Å². The minimum atomic E-state index is -2.74. The number of hydrogen-bond acceptors (Lipinski definition) is 0. The minimum Gasteiger partial charge on any atom is -0.201 e. The van der Waals surface area contributed by atoms with Crippen LogP contribution in [0.4, 0.5) is 8.78 Å². The van der Waals surface area contributed by atoms with Gasteiger partial charge in [-0.25, -0.2) is 8.78 Å². The summed E-state index contributed by atoms with van der Waals surface area (Å²) in [5.74, 6) is -2.74. The van der Waals surface area contributed by atoms with Gasteiger partial charge in [-0.05, 0) is 24.6 Å². The Morgan fingerprint density at radius 2 is 2.00 bits per heavy atom. The molecule has 1 aromatic rings. The Morgan fingerprint density at radius 1 is 1.38 bits per heavy atom. The fourth-order valence-electron chi connectivity index (χ4n) is 1.08. The number of alkyl halides is 2. The molecule has 0 bridgehead atoms. The van der Waals surface area contributed by atoms with Crippen molar-refractivity contribution in [3.05, 3.63) is 34.3 Å². The van der Waals surface area contributed by atoms with Crippen molar-refractivity contribution in [1.29, 1.82) is 0 Å². The van der Waals surface area contributed by atoms with Crippen LogP contribution in [0.5, 0.6) is 0 Å².